The second-order valence-corrected chi connectivity index (χ2v) is 5.32. The van der Waals surface area contributed by atoms with Crippen LogP contribution in [0.15, 0.2) is 22.7 Å². The van der Waals surface area contributed by atoms with E-state index in [4.69, 9.17) is 18.0 Å². The Bertz CT molecular complexity index is 463. The minimum absolute atomic E-state index is 0.0984. The van der Waals surface area contributed by atoms with Crippen LogP contribution in [-0.2, 0) is 4.79 Å². The van der Waals surface area contributed by atoms with Crippen molar-refractivity contribution in [2.45, 2.75) is 6.42 Å². The highest BCUT2D eigenvalue weighted by Gasteiger charge is 2.05. The zero-order valence-corrected chi connectivity index (χ0v) is 12.8. The van der Waals surface area contributed by atoms with E-state index >= 15 is 0 Å². The van der Waals surface area contributed by atoms with E-state index in [9.17, 15) is 4.79 Å². The van der Waals surface area contributed by atoms with Crippen LogP contribution in [0.1, 0.15) is 12.0 Å². The standard InChI is InChI=1S/C12H16BrN3OS/c1-16(2)11(17)5-6-15-8-3-4-9(12(14)18)10(13)7-8/h3-4,7,15H,5-6H2,1-2H3,(H2,14,18). The van der Waals surface area contributed by atoms with Crippen molar-refractivity contribution in [1.29, 1.82) is 0 Å². The molecule has 0 saturated carbocycles. The monoisotopic (exact) mass is 329 g/mol. The van der Waals surface area contributed by atoms with Crippen molar-refractivity contribution in [3.8, 4) is 0 Å². The number of halogens is 1. The van der Waals surface area contributed by atoms with Crippen molar-refractivity contribution in [2.24, 2.45) is 5.73 Å². The van der Waals surface area contributed by atoms with Crippen LogP contribution in [0.3, 0.4) is 0 Å². The molecule has 0 unspecified atom stereocenters. The van der Waals surface area contributed by atoms with Gasteiger partial charge in [-0.2, -0.15) is 0 Å². The van der Waals surface area contributed by atoms with Crippen LogP contribution in [0.2, 0.25) is 0 Å². The Balaban J connectivity index is 2.57. The Labute approximate surface area is 121 Å². The molecule has 0 fully saturated rings. The largest absolute Gasteiger partial charge is 0.389 e. The maximum Gasteiger partial charge on any atom is 0.223 e. The molecule has 0 aliphatic heterocycles. The highest BCUT2D eigenvalue weighted by molar-refractivity contribution is 9.10. The molecule has 0 saturated heterocycles. The van der Waals surface area contributed by atoms with Crippen LogP contribution in [0.5, 0.6) is 0 Å². The van der Waals surface area contributed by atoms with Crippen LogP contribution >= 0.6 is 28.1 Å². The molecule has 0 bridgehead atoms. The van der Waals surface area contributed by atoms with E-state index in [2.05, 4.69) is 21.2 Å². The quantitative estimate of drug-likeness (QED) is 0.811. The normalized spacial score (nSPS) is 9.94. The summed E-state index contributed by atoms with van der Waals surface area (Å²) < 4.78 is 0.846. The van der Waals surface area contributed by atoms with Gasteiger partial charge >= 0.3 is 0 Å². The van der Waals surface area contributed by atoms with Crippen LogP contribution < -0.4 is 11.1 Å². The van der Waals surface area contributed by atoms with E-state index in [1.807, 2.05) is 18.2 Å². The van der Waals surface area contributed by atoms with Crippen LogP contribution in [0.4, 0.5) is 5.69 Å². The SMILES string of the molecule is CN(C)C(=O)CCNc1ccc(C(N)=S)c(Br)c1. The lowest BCUT2D eigenvalue weighted by Crippen LogP contribution is -2.23. The molecule has 98 valence electrons. The summed E-state index contributed by atoms with van der Waals surface area (Å²) in [4.78, 5) is 13.3. The number of nitrogens with two attached hydrogens (primary N) is 1. The lowest BCUT2D eigenvalue weighted by molar-refractivity contribution is -0.128. The summed E-state index contributed by atoms with van der Waals surface area (Å²) in [6, 6.07) is 5.64. The average molecular weight is 330 g/mol. The van der Waals surface area contributed by atoms with Crippen molar-refractivity contribution in [2.75, 3.05) is 26.0 Å². The molecule has 0 radical (unpaired) electrons. The summed E-state index contributed by atoms with van der Waals surface area (Å²) in [5.41, 5.74) is 7.30. The lowest BCUT2D eigenvalue weighted by Gasteiger charge is -2.12. The molecule has 4 nitrogen and oxygen atoms in total. The third-order valence-electron chi connectivity index (χ3n) is 2.40. The molecular weight excluding hydrogens is 314 g/mol. The number of thiocarbonyl (C=S) groups is 1. The van der Waals surface area contributed by atoms with Gasteiger partial charge in [0.25, 0.3) is 0 Å². The van der Waals surface area contributed by atoms with Gasteiger partial charge in [-0.3, -0.25) is 4.79 Å². The van der Waals surface area contributed by atoms with E-state index in [-0.39, 0.29) is 5.91 Å². The predicted molar refractivity (Wildman–Crippen MR) is 81.8 cm³/mol. The fraction of sp³-hybridized carbons (Fsp3) is 0.333. The van der Waals surface area contributed by atoms with Gasteiger partial charge in [-0.15, -0.1) is 0 Å². The van der Waals surface area contributed by atoms with Gasteiger partial charge in [-0.1, -0.05) is 12.2 Å². The minimum Gasteiger partial charge on any atom is -0.389 e. The van der Waals surface area contributed by atoms with Crippen LogP contribution in [0, 0.1) is 0 Å². The molecule has 0 heterocycles. The fourth-order valence-corrected chi connectivity index (χ4v) is 2.26. The van der Waals surface area contributed by atoms with E-state index in [1.54, 1.807) is 19.0 Å². The molecule has 0 aromatic heterocycles. The summed E-state index contributed by atoms with van der Waals surface area (Å²) in [6.45, 7) is 0.593. The van der Waals surface area contributed by atoms with Gasteiger partial charge in [0.15, 0.2) is 0 Å². The molecule has 0 aliphatic carbocycles. The molecule has 0 atom stereocenters. The number of anilines is 1. The molecule has 1 amide bonds. The first-order valence-electron chi connectivity index (χ1n) is 5.45. The number of hydrogen-bond donors (Lipinski definition) is 2. The number of carbonyl (C=O) groups is 1. The minimum atomic E-state index is 0.0984. The Morgan fingerprint density at radius 3 is 2.67 bits per heavy atom. The topological polar surface area (TPSA) is 58.4 Å². The van der Waals surface area contributed by atoms with E-state index in [1.165, 1.54) is 0 Å². The number of amides is 1. The number of nitrogens with one attached hydrogen (secondary N) is 1. The van der Waals surface area contributed by atoms with Crippen molar-refractivity contribution < 1.29 is 4.79 Å². The first kappa shape index (κ1) is 14.9. The number of nitrogens with zero attached hydrogens (tertiary/aromatic N) is 1. The molecule has 18 heavy (non-hydrogen) atoms. The van der Waals surface area contributed by atoms with Gasteiger partial charge in [-0.05, 0) is 34.1 Å². The second-order valence-electron chi connectivity index (χ2n) is 4.02. The van der Waals surface area contributed by atoms with Crippen molar-refractivity contribution in [1.82, 2.24) is 4.90 Å². The van der Waals surface area contributed by atoms with Crippen molar-refractivity contribution >= 4 is 44.7 Å². The van der Waals surface area contributed by atoms with E-state index in [0.717, 1.165) is 15.7 Å². The lowest BCUT2D eigenvalue weighted by atomic mass is 10.2. The summed E-state index contributed by atoms with van der Waals surface area (Å²) in [6.07, 6.45) is 0.460. The highest BCUT2D eigenvalue weighted by Crippen LogP contribution is 2.21. The maximum absolute atomic E-state index is 11.4. The Morgan fingerprint density at radius 1 is 1.50 bits per heavy atom. The van der Waals surface area contributed by atoms with Crippen molar-refractivity contribution in [3.05, 3.63) is 28.2 Å². The molecule has 1 aromatic carbocycles. The number of benzene rings is 1. The molecule has 0 aliphatic rings. The van der Waals surface area contributed by atoms with Gasteiger partial charge < -0.3 is 16.0 Å². The Morgan fingerprint density at radius 2 is 2.17 bits per heavy atom. The first-order chi connectivity index (χ1) is 8.41. The van der Waals surface area contributed by atoms with Gasteiger partial charge in [-0.25, -0.2) is 0 Å². The molecule has 1 rings (SSSR count). The number of rotatable bonds is 5. The predicted octanol–water partition coefficient (Wildman–Crippen LogP) is 1.97. The number of carbonyl (C=O) groups excluding carboxylic acids is 1. The Kier molecular flexibility index (Phi) is 5.55. The number of hydrogen-bond acceptors (Lipinski definition) is 3. The van der Waals surface area contributed by atoms with Crippen LogP contribution in [0.25, 0.3) is 0 Å². The average Bonchev–Trinajstić information content (AvgIpc) is 2.28. The van der Waals surface area contributed by atoms with E-state index < -0.39 is 0 Å². The smallest absolute Gasteiger partial charge is 0.223 e. The zero-order chi connectivity index (χ0) is 13.7. The van der Waals surface area contributed by atoms with Gasteiger partial charge in [0, 0.05) is 42.8 Å². The van der Waals surface area contributed by atoms with Gasteiger partial charge in [0.05, 0.1) is 0 Å². The fourth-order valence-electron chi connectivity index (χ4n) is 1.36. The third-order valence-corrected chi connectivity index (χ3v) is 3.28. The molecule has 6 heteroatoms. The molecular formula is C12H16BrN3OS. The molecule has 1 aromatic rings. The molecule has 3 N–H and O–H groups in total. The highest BCUT2D eigenvalue weighted by atomic mass is 79.9. The van der Waals surface area contributed by atoms with Gasteiger partial charge in [0.2, 0.25) is 5.91 Å². The van der Waals surface area contributed by atoms with Crippen LogP contribution in [-0.4, -0.2) is 36.4 Å². The van der Waals surface area contributed by atoms with Crippen molar-refractivity contribution in [3.63, 3.8) is 0 Å². The maximum atomic E-state index is 11.4. The second kappa shape index (κ2) is 6.70. The summed E-state index contributed by atoms with van der Waals surface area (Å²) in [5.74, 6) is 0.0984. The third kappa shape index (κ3) is 4.27. The zero-order valence-electron chi connectivity index (χ0n) is 10.4. The summed E-state index contributed by atoms with van der Waals surface area (Å²) >= 11 is 8.33. The van der Waals surface area contributed by atoms with Gasteiger partial charge in [0.1, 0.15) is 4.99 Å². The Hall–Kier alpha value is -1.14. The summed E-state index contributed by atoms with van der Waals surface area (Å²) in [7, 11) is 3.49. The van der Waals surface area contributed by atoms with E-state index in [0.29, 0.717) is 18.0 Å². The first-order valence-corrected chi connectivity index (χ1v) is 6.65. The molecule has 0 spiro atoms. The summed E-state index contributed by atoms with van der Waals surface area (Å²) in [5, 5.41) is 3.18.